The van der Waals surface area contributed by atoms with Crippen molar-refractivity contribution in [2.75, 3.05) is 7.11 Å². The third kappa shape index (κ3) is 4.17. The van der Waals surface area contributed by atoms with Crippen LogP contribution in [0, 0.1) is 11.3 Å². The Kier molecular flexibility index (Phi) is 6.51. The fourth-order valence-electron chi connectivity index (χ4n) is 4.83. The Morgan fingerprint density at radius 1 is 1.05 bits per heavy atom. The second-order valence-electron chi connectivity index (χ2n) is 8.62. The van der Waals surface area contributed by atoms with Crippen LogP contribution < -0.4 is 10.1 Å². The maximum Gasteiger partial charge on any atom is 0.336 e. The number of Topliss-reactive ketones (excluding diaryl/α,β-unsaturated/α-hetero) is 1. The zero-order valence-corrected chi connectivity index (χ0v) is 21.4. The van der Waals surface area contributed by atoms with E-state index in [2.05, 4.69) is 11.4 Å². The second kappa shape index (κ2) is 9.78. The minimum Gasteiger partial charge on any atom is -0.486 e. The van der Waals surface area contributed by atoms with E-state index >= 15 is 0 Å². The molecule has 6 nitrogen and oxygen atoms in total. The molecule has 1 aliphatic heterocycles. The summed E-state index contributed by atoms with van der Waals surface area (Å²) in [7, 11) is 1.30. The van der Waals surface area contributed by atoms with Gasteiger partial charge in [0.05, 0.1) is 40.1 Å². The zero-order chi connectivity index (χ0) is 26.3. The van der Waals surface area contributed by atoms with Crippen molar-refractivity contribution in [3.8, 4) is 11.8 Å². The van der Waals surface area contributed by atoms with Crippen LogP contribution in [0.4, 0.5) is 0 Å². The Morgan fingerprint density at radius 3 is 2.38 bits per heavy atom. The van der Waals surface area contributed by atoms with Crippen LogP contribution in [-0.2, 0) is 16.1 Å². The molecule has 0 bridgehead atoms. The summed E-state index contributed by atoms with van der Waals surface area (Å²) >= 11 is 13.3. The highest BCUT2D eigenvalue weighted by Crippen LogP contribution is 2.48. The van der Waals surface area contributed by atoms with Crippen LogP contribution in [0.15, 0.2) is 77.5 Å². The van der Waals surface area contributed by atoms with Gasteiger partial charge in [-0.3, -0.25) is 4.79 Å². The van der Waals surface area contributed by atoms with Gasteiger partial charge in [-0.15, -0.1) is 0 Å². The number of nitrogens with zero attached hydrogens (tertiary/aromatic N) is 1. The second-order valence-corrected chi connectivity index (χ2v) is 9.44. The van der Waals surface area contributed by atoms with E-state index in [1.165, 1.54) is 7.11 Å². The molecule has 1 atom stereocenters. The number of hydrogen-bond acceptors (Lipinski definition) is 6. The number of nitriles is 1. The SMILES string of the molecule is COC(=O)C1=C(C)NC2=C(C(=O)c3ccccc32)[C@@H]1c1cc(Cl)c(OCc2ccccc2C#N)c(Cl)c1. The van der Waals surface area contributed by atoms with Crippen LogP contribution in [-0.4, -0.2) is 18.9 Å². The number of benzene rings is 3. The van der Waals surface area contributed by atoms with Gasteiger partial charge in [0.2, 0.25) is 0 Å². The number of esters is 1. The molecule has 37 heavy (non-hydrogen) atoms. The van der Waals surface area contributed by atoms with Crippen molar-refractivity contribution in [1.82, 2.24) is 5.32 Å². The van der Waals surface area contributed by atoms with Crippen LogP contribution in [0.3, 0.4) is 0 Å². The first-order chi connectivity index (χ1) is 17.8. The number of allylic oxidation sites excluding steroid dienone is 2. The number of dihydropyridines is 1. The highest BCUT2D eigenvalue weighted by atomic mass is 35.5. The molecule has 8 heteroatoms. The lowest BCUT2D eigenvalue weighted by molar-refractivity contribution is -0.136. The summed E-state index contributed by atoms with van der Waals surface area (Å²) in [6, 6.07) is 19.8. The molecule has 0 saturated heterocycles. The van der Waals surface area contributed by atoms with Gasteiger partial charge in [-0.05, 0) is 30.7 Å². The molecular weight excluding hydrogens is 511 g/mol. The Morgan fingerprint density at radius 2 is 1.70 bits per heavy atom. The summed E-state index contributed by atoms with van der Waals surface area (Å²) in [5, 5.41) is 13.0. The minimum absolute atomic E-state index is 0.0887. The first-order valence-corrected chi connectivity index (χ1v) is 12.1. The number of halogens is 2. The highest BCUT2D eigenvalue weighted by Gasteiger charge is 2.43. The van der Waals surface area contributed by atoms with Gasteiger partial charge in [0.1, 0.15) is 6.61 Å². The largest absolute Gasteiger partial charge is 0.486 e. The van der Waals surface area contributed by atoms with Crippen LogP contribution in [0.2, 0.25) is 10.0 Å². The first kappa shape index (κ1) is 24.6. The lowest BCUT2D eigenvalue weighted by Gasteiger charge is -2.29. The van der Waals surface area contributed by atoms with Gasteiger partial charge in [-0.2, -0.15) is 5.26 Å². The van der Waals surface area contributed by atoms with Crippen molar-refractivity contribution < 1.29 is 19.1 Å². The fraction of sp³-hybridized carbons (Fsp3) is 0.138. The topological polar surface area (TPSA) is 88.4 Å². The van der Waals surface area contributed by atoms with Crippen molar-refractivity contribution >= 4 is 40.7 Å². The third-order valence-corrected chi connectivity index (χ3v) is 7.08. The number of rotatable bonds is 5. The number of ether oxygens (including phenoxy) is 2. The molecule has 0 aromatic heterocycles. The van der Waals surface area contributed by atoms with Crippen LogP contribution in [0.25, 0.3) is 5.70 Å². The average molecular weight is 531 g/mol. The molecule has 5 rings (SSSR count). The van der Waals surface area contributed by atoms with E-state index in [-0.39, 0.29) is 28.2 Å². The number of ketones is 1. The van der Waals surface area contributed by atoms with Crippen molar-refractivity contribution in [1.29, 1.82) is 5.26 Å². The average Bonchev–Trinajstić information content (AvgIpc) is 3.18. The molecule has 0 amide bonds. The number of fused-ring (bicyclic) bond motifs is 2. The Hall–Kier alpha value is -4.05. The lowest BCUT2D eigenvalue weighted by atomic mass is 9.80. The standard InChI is InChI=1S/C29H20Cl2N2O4/c1-15-23(29(35)36-2)24(25-26(33-15)19-9-5-6-10-20(19)27(25)34)18-11-21(30)28(22(31)12-18)37-14-17-8-4-3-7-16(17)13-32/h3-12,24,33H,14H2,1-2H3/t24-/m1/s1. The summed E-state index contributed by atoms with van der Waals surface area (Å²) in [6.45, 7) is 1.85. The summed E-state index contributed by atoms with van der Waals surface area (Å²) in [4.78, 5) is 26.5. The van der Waals surface area contributed by atoms with E-state index in [0.717, 1.165) is 5.56 Å². The maximum atomic E-state index is 13.5. The van der Waals surface area contributed by atoms with Crippen molar-refractivity contribution in [3.05, 3.63) is 115 Å². The van der Waals surface area contributed by atoms with Crippen molar-refractivity contribution in [3.63, 3.8) is 0 Å². The van der Waals surface area contributed by atoms with Crippen molar-refractivity contribution in [2.24, 2.45) is 0 Å². The molecule has 1 N–H and O–H groups in total. The molecule has 2 aliphatic rings. The number of hydrogen-bond donors (Lipinski definition) is 1. The third-order valence-electron chi connectivity index (χ3n) is 6.52. The summed E-state index contributed by atoms with van der Waals surface area (Å²) in [5.74, 6) is -1.26. The van der Waals surface area contributed by atoms with Gasteiger partial charge in [-0.1, -0.05) is 65.7 Å². The van der Waals surface area contributed by atoms with Gasteiger partial charge >= 0.3 is 5.97 Å². The van der Waals surface area contributed by atoms with Crippen LogP contribution >= 0.6 is 23.2 Å². The first-order valence-electron chi connectivity index (χ1n) is 11.4. The quantitative estimate of drug-likeness (QED) is 0.396. The molecule has 0 fully saturated rings. The van der Waals surface area contributed by atoms with Gasteiger partial charge in [0, 0.05) is 33.9 Å². The van der Waals surface area contributed by atoms with Gasteiger partial charge < -0.3 is 14.8 Å². The van der Waals surface area contributed by atoms with E-state index in [1.54, 1.807) is 49.4 Å². The molecule has 0 spiro atoms. The minimum atomic E-state index is -0.757. The summed E-state index contributed by atoms with van der Waals surface area (Å²) in [6.07, 6.45) is 0. The normalized spacial score (nSPS) is 16.1. The predicted octanol–water partition coefficient (Wildman–Crippen LogP) is 6.19. The van der Waals surface area contributed by atoms with E-state index in [9.17, 15) is 14.9 Å². The zero-order valence-electron chi connectivity index (χ0n) is 19.9. The van der Waals surface area contributed by atoms with E-state index in [0.29, 0.717) is 44.8 Å². The molecule has 0 radical (unpaired) electrons. The Balaban J connectivity index is 1.58. The Bertz CT molecular complexity index is 1560. The maximum absolute atomic E-state index is 13.5. The Labute approximate surface area is 223 Å². The molecule has 3 aromatic carbocycles. The van der Waals surface area contributed by atoms with Crippen LogP contribution in [0.5, 0.6) is 5.75 Å². The van der Waals surface area contributed by atoms with Crippen LogP contribution in [0.1, 0.15) is 45.5 Å². The van der Waals surface area contributed by atoms with Gasteiger partial charge in [-0.25, -0.2) is 4.79 Å². The fourth-order valence-corrected chi connectivity index (χ4v) is 5.45. The number of carbonyl (C=O) groups excluding carboxylic acids is 2. The number of methoxy groups -OCH3 is 1. The molecular formula is C29H20Cl2N2O4. The molecule has 0 saturated carbocycles. The molecule has 184 valence electrons. The van der Waals surface area contributed by atoms with E-state index in [1.807, 2.05) is 18.2 Å². The highest BCUT2D eigenvalue weighted by molar-refractivity contribution is 6.37. The molecule has 0 unspecified atom stereocenters. The molecule has 1 heterocycles. The summed E-state index contributed by atoms with van der Waals surface area (Å²) in [5.41, 5.74) is 4.99. The van der Waals surface area contributed by atoms with E-state index in [4.69, 9.17) is 32.7 Å². The van der Waals surface area contributed by atoms with Gasteiger partial charge in [0.25, 0.3) is 0 Å². The lowest BCUT2D eigenvalue weighted by Crippen LogP contribution is -2.29. The number of carbonyl (C=O) groups is 2. The summed E-state index contributed by atoms with van der Waals surface area (Å²) < 4.78 is 11.0. The molecule has 3 aromatic rings. The van der Waals surface area contributed by atoms with Crippen molar-refractivity contribution in [2.45, 2.75) is 19.4 Å². The van der Waals surface area contributed by atoms with Gasteiger partial charge in [0.15, 0.2) is 11.5 Å². The molecule has 1 aliphatic carbocycles. The number of nitrogens with one attached hydrogen (secondary N) is 1. The monoisotopic (exact) mass is 530 g/mol. The smallest absolute Gasteiger partial charge is 0.336 e. The predicted molar refractivity (Wildman–Crippen MR) is 140 cm³/mol. The van der Waals surface area contributed by atoms with E-state index < -0.39 is 11.9 Å².